The number of guanidine groups is 1. The number of likely N-dealkylation sites (tertiary alicyclic amines) is 1. The molecule has 6 nitrogen and oxygen atoms in total. The van der Waals surface area contributed by atoms with Crippen LogP contribution in [0.15, 0.2) is 29.3 Å². The quantitative estimate of drug-likeness (QED) is 0.318. The minimum absolute atomic E-state index is 0.646. The van der Waals surface area contributed by atoms with E-state index in [1.165, 1.54) is 36.9 Å². The van der Waals surface area contributed by atoms with Gasteiger partial charge in [0.25, 0.3) is 0 Å². The molecule has 1 unspecified atom stereocenters. The average molecular weight is 405 g/mol. The van der Waals surface area contributed by atoms with Crippen molar-refractivity contribution in [2.45, 2.75) is 58.7 Å². The van der Waals surface area contributed by atoms with Gasteiger partial charge in [0, 0.05) is 39.4 Å². The molecule has 1 fully saturated rings. The number of methoxy groups -OCH3 is 1. The van der Waals surface area contributed by atoms with E-state index in [2.05, 4.69) is 53.6 Å². The molecule has 1 aromatic carbocycles. The number of nitrogens with one attached hydrogen (secondary N) is 2. The highest BCUT2D eigenvalue weighted by atomic mass is 16.5. The van der Waals surface area contributed by atoms with Crippen molar-refractivity contribution in [3.05, 3.63) is 35.4 Å². The van der Waals surface area contributed by atoms with Gasteiger partial charge in [-0.25, -0.2) is 4.99 Å². The van der Waals surface area contributed by atoms with Gasteiger partial charge in [-0.05, 0) is 50.8 Å². The Balaban J connectivity index is 1.86. The van der Waals surface area contributed by atoms with Crippen LogP contribution in [0.2, 0.25) is 0 Å². The number of ether oxygens (including phenoxy) is 2. The van der Waals surface area contributed by atoms with Crippen LogP contribution in [0, 0.1) is 0 Å². The maximum Gasteiger partial charge on any atom is 0.191 e. The molecular formula is C23H40N4O2. The van der Waals surface area contributed by atoms with Crippen LogP contribution in [0.1, 0.15) is 50.7 Å². The predicted molar refractivity (Wildman–Crippen MR) is 120 cm³/mol. The van der Waals surface area contributed by atoms with Gasteiger partial charge in [0.05, 0.1) is 19.8 Å². The first-order valence-electron chi connectivity index (χ1n) is 11.1. The fourth-order valence-corrected chi connectivity index (χ4v) is 3.61. The summed E-state index contributed by atoms with van der Waals surface area (Å²) in [7, 11) is 1.69. The van der Waals surface area contributed by atoms with Crippen molar-refractivity contribution < 1.29 is 9.47 Å². The van der Waals surface area contributed by atoms with Crippen LogP contribution in [0.4, 0.5) is 0 Å². The number of benzene rings is 1. The maximum absolute atomic E-state index is 5.51. The van der Waals surface area contributed by atoms with E-state index in [4.69, 9.17) is 14.5 Å². The smallest absolute Gasteiger partial charge is 0.191 e. The third-order valence-corrected chi connectivity index (χ3v) is 5.37. The van der Waals surface area contributed by atoms with Gasteiger partial charge in [0.15, 0.2) is 5.96 Å². The maximum atomic E-state index is 5.51. The van der Waals surface area contributed by atoms with Crippen LogP contribution in [-0.4, -0.2) is 63.5 Å². The normalized spacial score (nSPS) is 18.0. The Kier molecular flexibility index (Phi) is 11.7. The first kappa shape index (κ1) is 23.6. The fraction of sp³-hybridized carbons (Fsp3) is 0.696. The van der Waals surface area contributed by atoms with Gasteiger partial charge in [-0.2, -0.15) is 0 Å². The Hall–Kier alpha value is -1.63. The third kappa shape index (κ3) is 9.15. The zero-order valence-electron chi connectivity index (χ0n) is 18.6. The number of piperidine rings is 1. The SMILES string of the molecule is CCNC(=NCc1ccccc1CN1CCCCC1C)NCCCOCCOC. The summed E-state index contributed by atoms with van der Waals surface area (Å²) >= 11 is 0. The molecule has 1 heterocycles. The fourth-order valence-electron chi connectivity index (χ4n) is 3.61. The summed E-state index contributed by atoms with van der Waals surface area (Å²) in [6.07, 6.45) is 4.93. The van der Waals surface area contributed by atoms with E-state index in [0.717, 1.165) is 38.6 Å². The van der Waals surface area contributed by atoms with Gasteiger partial charge < -0.3 is 20.1 Å². The molecule has 0 radical (unpaired) electrons. The summed E-state index contributed by atoms with van der Waals surface area (Å²) in [6, 6.07) is 9.39. The second-order valence-electron chi connectivity index (χ2n) is 7.66. The van der Waals surface area contributed by atoms with E-state index in [9.17, 15) is 0 Å². The lowest BCUT2D eigenvalue weighted by molar-refractivity contribution is 0.0698. The van der Waals surface area contributed by atoms with Gasteiger partial charge in [-0.3, -0.25) is 4.90 Å². The molecule has 164 valence electrons. The number of rotatable bonds is 12. The van der Waals surface area contributed by atoms with Crippen molar-refractivity contribution in [2.24, 2.45) is 4.99 Å². The number of aliphatic imine (C=N–C) groups is 1. The van der Waals surface area contributed by atoms with Crippen LogP contribution >= 0.6 is 0 Å². The molecule has 0 aliphatic carbocycles. The summed E-state index contributed by atoms with van der Waals surface area (Å²) in [6.45, 7) is 11.1. The molecule has 0 saturated carbocycles. The van der Waals surface area contributed by atoms with Gasteiger partial charge in [0.2, 0.25) is 0 Å². The molecule has 0 aromatic heterocycles. The Morgan fingerprint density at radius 3 is 2.72 bits per heavy atom. The Morgan fingerprint density at radius 2 is 1.97 bits per heavy atom. The molecule has 1 atom stereocenters. The standard InChI is InChI=1S/C23H40N4O2/c1-4-24-23(25-13-9-15-29-17-16-28-3)26-18-21-11-5-6-12-22(21)19-27-14-8-7-10-20(27)2/h5-6,11-12,20H,4,7-10,13-19H2,1-3H3,(H2,24,25,26). The summed E-state index contributed by atoms with van der Waals surface area (Å²) in [5.74, 6) is 0.866. The summed E-state index contributed by atoms with van der Waals surface area (Å²) in [4.78, 5) is 7.43. The van der Waals surface area contributed by atoms with Crippen molar-refractivity contribution in [2.75, 3.05) is 46.6 Å². The molecule has 0 bridgehead atoms. The monoisotopic (exact) mass is 404 g/mol. The first-order valence-corrected chi connectivity index (χ1v) is 11.1. The van der Waals surface area contributed by atoms with E-state index < -0.39 is 0 Å². The van der Waals surface area contributed by atoms with Gasteiger partial charge in [-0.1, -0.05) is 30.7 Å². The van der Waals surface area contributed by atoms with Crippen LogP contribution in [0.5, 0.6) is 0 Å². The lowest BCUT2D eigenvalue weighted by atomic mass is 10.0. The van der Waals surface area contributed by atoms with Crippen molar-refractivity contribution in [3.63, 3.8) is 0 Å². The molecule has 0 amide bonds. The van der Waals surface area contributed by atoms with E-state index in [1.54, 1.807) is 7.11 Å². The van der Waals surface area contributed by atoms with E-state index in [0.29, 0.717) is 25.8 Å². The van der Waals surface area contributed by atoms with Crippen LogP contribution in [-0.2, 0) is 22.6 Å². The zero-order chi connectivity index (χ0) is 20.7. The minimum atomic E-state index is 0.646. The Labute approximate surface area is 177 Å². The first-order chi connectivity index (χ1) is 14.2. The molecule has 29 heavy (non-hydrogen) atoms. The lowest BCUT2D eigenvalue weighted by Crippen LogP contribution is -2.38. The van der Waals surface area contributed by atoms with Crippen LogP contribution in [0.3, 0.4) is 0 Å². The summed E-state index contributed by atoms with van der Waals surface area (Å²) < 4.78 is 10.5. The molecule has 6 heteroatoms. The molecule has 1 aromatic rings. The van der Waals surface area contributed by atoms with Crippen molar-refractivity contribution >= 4 is 5.96 Å². The molecule has 1 aliphatic rings. The van der Waals surface area contributed by atoms with Gasteiger partial charge in [0.1, 0.15) is 0 Å². The highest BCUT2D eigenvalue weighted by Crippen LogP contribution is 2.21. The molecule has 2 N–H and O–H groups in total. The summed E-state index contributed by atoms with van der Waals surface area (Å²) in [5, 5.41) is 6.75. The van der Waals surface area contributed by atoms with Crippen molar-refractivity contribution in [1.82, 2.24) is 15.5 Å². The van der Waals surface area contributed by atoms with Crippen LogP contribution < -0.4 is 10.6 Å². The number of hydrogen-bond donors (Lipinski definition) is 2. The van der Waals surface area contributed by atoms with E-state index >= 15 is 0 Å². The van der Waals surface area contributed by atoms with E-state index in [-0.39, 0.29) is 0 Å². The molecule has 2 rings (SSSR count). The second-order valence-corrected chi connectivity index (χ2v) is 7.66. The Morgan fingerprint density at radius 1 is 1.14 bits per heavy atom. The molecule has 0 spiro atoms. The van der Waals surface area contributed by atoms with Crippen molar-refractivity contribution in [3.8, 4) is 0 Å². The molecule has 1 saturated heterocycles. The highest BCUT2D eigenvalue weighted by molar-refractivity contribution is 5.79. The van der Waals surface area contributed by atoms with Crippen molar-refractivity contribution in [1.29, 1.82) is 0 Å². The predicted octanol–water partition coefficient (Wildman–Crippen LogP) is 3.17. The molecule has 1 aliphatic heterocycles. The number of nitrogens with zero attached hydrogens (tertiary/aromatic N) is 2. The second kappa shape index (κ2) is 14.4. The summed E-state index contributed by atoms with van der Waals surface area (Å²) in [5.41, 5.74) is 2.71. The van der Waals surface area contributed by atoms with E-state index in [1.807, 2.05) is 0 Å². The lowest BCUT2D eigenvalue weighted by Gasteiger charge is -2.33. The third-order valence-electron chi connectivity index (χ3n) is 5.37. The zero-order valence-corrected chi connectivity index (χ0v) is 18.6. The topological polar surface area (TPSA) is 58.1 Å². The van der Waals surface area contributed by atoms with Crippen LogP contribution in [0.25, 0.3) is 0 Å². The van der Waals surface area contributed by atoms with Gasteiger partial charge in [-0.15, -0.1) is 0 Å². The highest BCUT2D eigenvalue weighted by Gasteiger charge is 2.19. The molecular weight excluding hydrogens is 364 g/mol. The largest absolute Gasteiger partial charge is 0.382 e. The minimum Gasteiger partial charge on any atom is -0.382 e. The number of hydrogen-bond acceptors (Lipinski definition) is 4. The van der Waals surface area contributed by atoms with Gasteiger partial charge >= 0.3 is 0 Å². The average Bonchev–Trinajstić information content (AvgIpc) is 2.74. The Bertz CT molecular complexity index is 594.